The Morgan fingerprint density at radius 1 is 1.03 bits per heavy atom. The van der Waals surface area contributed by atoms with Gasteiger partial charge in [0, 0.05) is 16.7 Å². The Morgan fingerprint density at radius 2 is 1.82 bits per heavy atom. The lowest BCUT2D eigenvalue weighted by Gasteiger charge is -2.13. The minimum absolute atomic E-state index is 0.158. The van der Waals surface area contributed by atoms with Gasteiger partial charge in [-0.1, -0.05) is 35.9 Å². The third kappa shape index (κ3) is 4.81. The molecule has 1 heterocycles. The second kappa shape index (κ2) is 9.55. The predicted octanol–water partition coefficient (Wildman–Crippen LogP) is 6.03. The zero-order valence-corrected chi connectivity index (χ0v) is 19.5. The number of benzene rings is 3. The second-order valence-corrected chi connectivity index (χ2v) is 8.20. The lowest BCUT2D eigenvalue weighted by molar-refractivity contribution is 0.0694. The number of carboxylic acids is 1. The molecule has 0 radical (unpaired) electrons. The third-order valence-corrected chi connectivity index (χ3v) is 5.87. The summed E-state index contributed by atoms with van der Waals surface area (Å²) in [6, 6.07) is 16.4. The number of nitrogens with zero attached hydrogens (tertiary/aromatic N) is 2. The zero-order valence-electron chi connectivity index (χ0n) is 18.8. The van der Waals surface area contributed by atoms with Crippen LogP contribution in [0.25, 0.3) is 11.0 Å². The van der Waals surface area contributed by atoms with Crippen LogP contribution in [0.4, 0.5) is 0 Å². The van der Waals surface area contributed by atoms with Crippen LogP contribution in [0.1, 0.15) is 39.8 Å². The van der Waals surface area contributed by atoms with Crippen molar-refractivity contribution in [3.05, 3.63) is 87.7 Å². The molecule has 0 saturated carbocycles. The van der Waals surface area contributed by atoms with Crippen molar-refractivity contribution in [1.82, 2.24) is 9.55 Å². The number of rotatable bonds is 8. The van der Waals surface area contributed by atoms with Gasteiger partial charge < -0.3 is 19.1 Å². The van der Waals surface area contributed by atoms with Gasteiger partial charge in [0.15, 0.2) is 0 Å². The molecule has 4 rings (SSSR count). The van der Waals surface area contributed by atoms with E-state index in [1.807, 2.05) is 51.1 Å². The van der Waals surface area contributed by atoms with Gasteiger partial charge in [0.2, 0.25) is 0 Å². The number of fused-ring (bicyclic) bond motifs is 1. The van der Waals surface area contributed by atoms with Gasteiger partial charge in [-0.3, -0.25) is 0 Å². The number of hydrogen-bond acceptors (Lipinski definition) is 4. The third-order valence-electron chi connectivity index (χ3n) is 5.52. The minimum Gasteiger partial charge on any atom is -0.494 e. The number of imidazole rings is 1. The largest absolute Gasteiger partial charge is 0.494 e. The molecule has 0 aliphatic rings. The van der Waals surface area contributed by atoms with Crippen LogP contribution in [0.2, 0.25) is 5.02 Å². The highest BCUT2D eigenvalue weighted by Gasteiger charge is 2.15. The molecule has 0 spiro atoms. The summed E-state index contributed by atoms with van der Waals surface area (Å²) in [6.07, 6.45) is 0. The number of ether oxygens (including phenoxy) is 2. The number of aryl methyl sites for hydroxylation is 2. The predicted molar refractivity (Wildman–Crippen MR) is 129 cm³/mol. The molecular formula is C26H25ClN2O4. The van der Waals surface area contributed by atoms with Crippen LogP contribution in [0.3, 0.4) is 0 Å². The molecule has 6 nitrogen and oxygen atoms in total. The van der Waals surface area contributed by atoms with Crippen LogP contribution in [0.5, 0.6) is 11.5 Å². The maximum absolute atomic E-state index is 11.5. The first-order valence-electron chi connectivity index (χ1n) is 10.7. The Kier molecular flexibility index (Phi) is 6.56. The normalized spacial score (nSPS) is 11.0. The van der Waals surface area contributed by atoms with Crippen molar-refractivity contribution in [3.8, 4) is 11.5 Å². The summed E-state index contributed by atoms with van der Waals surface area (Å²) in [5.74, 6) is 1.29. The van der Waals surface area contributed by atoms with E-state index in [2.05, 4.69) is 4.57 Å². The van der Waals surface area contributed by atoms with Crippen molar-refractivity contribution in [3.63, 3.8) is 0 Å². The Bertz CT molecular complexity index is 1330. The van der Waals surface area contributed by atoms with Gasteiger partial charge in [-0.2, -0.15) is 0 Å². The average Bonchev–Trinajstić information content (AvgIpc) is 3.10. The summed E-state index contributed by atoms with van der Waals surface area (Å²) in [5.41, 5.74) is 4.62. The summed E-state index contributed by atoms with van der Waals surface area (Å²) in [7, 11) is 0. The van der Waals surface area contributed by atoms with Crippen molar-refractivity contribution < 1.29 is 19.4 Å². The van der Waals surface area contributed by atoms with E-state index in [0.29, 0.717) is 29.5 Å². The van der Waals surface area contributed by atoms with E-state index < -0.39 is 5.97 Å². The van der Waals surface area contributed by atoms with Crippen LogP contribution >= 0.6 is 11.6 Å². The Morgan fingerprint density at radius 3 is 2.55 bits per heavy atom. The molecule has 1 N–H and O–H groups in total. The van der Waals surface area contributed by atoms with Gasteiger partial charge >= 0.3 is 5.97 Å². The zero-order chi connectivity index (χ0) is 23.5. The summed E-state index contributed by atoms with van der Waals surface area (Å²) < 4.78 is 13.6. The van der Waals surface area contributed by atoms with Crippen molar-refractivity contribution in [2.45, 2.75) is 33.9 Å². The topological polar surface area (TPSA) is 73.6 Å². The molecule has 170 valence electrons. The Labute approximate surface area is 197 Å². The molecule has 0 atom stereocenters. The smallest absolute Gasteiger partial charge is 0.336 e. The van der Waals surface area contributed by atoms with Crippen LogP contribution in [0, 0.1) is 13.8 Å². The van der Waals surface area contributed by atoms with Gasteiger partial charge in [-0.05, 0) is 56.2 Å². The molecular weight excluding hydrogens is 440 g/mol. The van der Waals surface area contributed by atoms with Crippen molar-refractivity contribution in [2.24, 2.45) is 0 Å². The monoisotopic (exact) mass is 464 g/mol. The van der Waals surface area contributed by atoms with Gasteiger partial charge in [-0.25, -0.2) is 9.78 Å². The number of aromatic carboxylic acids is 1. The molecule has 1 aromatic heterocycles. The molecule has 0 bridgehead atoms. The molecule has 0 amide bonds. The molecule has 7 heteroatoms. The lowest BCUT2D eigenvalue weighted by atomic mass is 10.1. The van der Waals surface area contributed by atoms with E-state index in [9.17, 15) is 9.90 Å². The van der Waals surface area contributed by atoms with E-state index in [1.54, 1.807) is 24.3 Å². The van der Waals surface area contributed by atoms with Crippen molar-refractivity contribution >= 4 is 28.6 Å². The Balaban J connectivity index is 1.65. The van der Waals surface area contributed by atoms with Crippen LogP contribution in [0.15, 0.2) is 54.6 Å². The molecule has 0 fully saturated rings. The fourth-order valence-electron chi connectivity index (χ4n) is 3.86. The van der Waals surface area contributed by atoms with Gasteiger partial charge in [0.1, 0.15) is 23.9 Å². The average molecular weight is 465 g/mol. The highest BCUT2D eigenvalue weighted by atomic mass is 35.5. The van der Waals surface area contributed by atoms with Gasteiger partial charge in [0.25, 0.3) is 0 Å². The maximum atomic E-state index is 11.5. The van der Waals surface area contributed by atoms with Crippen LogP contribution in [-0.4, -0.2) is 27.2 Å². The summed E-state index contributed by atoms with van der Waals surface area (Å²) in [5, 5.41) is 10.0. The van der Waals surface area contributed by atoms with Crippen LogP contribution in [-0.2, 0) is 13.2 Å². The number of aromatic nitrogens is 2. The Hall–Kier alpha value is -3.51. The van der Waals surface area contributed by atoms with E-state index >= 15 is 0 Å². The highest BCUT2D eigenvalue weighted by Crippen LogP contribution is 2.29. The van der Waals surface area contributed by atoms with E-state index in [4.69, 9.17) is 26.1 Å². The SMILES string of the molecule is CCOc1ccc(Cn2c(C)nc3c(C)cc(OCc4ccccc4C(=O)O)cc32)c(Cl)c1. The second-order valence-electron chi connectivity index (χ2n) is 7.79. The summed E-state index contributed by atoms with van der Waals surface area (Å²) in [4.78, 5) is 16.2. The number of hydrogen-bond donors (Lipinski definition) is 1. The molecule has 33 heavy (non-hydrogen) atoms. The molecule has 0 aliphatic carbocycles. The summed E-state index contributed by atoms with van der Waals surface area (Å²) in [6.45, 7) is 7.18. The number of halogens is 1. The maximum Gasteiger partial charge on any atom is 0.336 e. The van der Waals surface area contributed by atoms with Crippen molar-refractivity contribution in [1.29, 1.82) is 0 Å². The first-order valence-corrected chi connectivity index (χ1v) is 11.1. The van der Waals surface area contributed by atoms with Gasteiger partial charge in [0.05, 0.1) is 29.7 Å². The molecule has 0 unspecified atom stereocenters. The molecule has 0 saturated heterocycles. The quantitative estimate of drug-likeness (QED) is 0.344. The minimum atomic E-state index is -0.971. The number of carboxylic acid groups (broad SMARTS) is 1. The fourth-order valence-corrected chi connectivity index (χ4v) is 4.09. The van der Waals surface area contributed by atoms with E-state index in [-0.39, 0.29) is 12.2 Å². The molecule has 0 aliphatic heterocycles. The first-order chi connectivity index (χ1) is 15.9. The first kappa shape index (κ1) is 22.7. The summed E-state index contributed by atoms with van der Waals surface area (Å²) >= 11 is 6.52. The molecule has 4 aromatic rings. The van der Waals surface area contributed by atoms with Crippen molar-refractivity contribution in [2.75, 3.05) is 6.61 Å². The number of carbonyl (C=O) groups is 1. The highest BCUT2D eigenvalue weighted by molar-refractivity contribution is 6.31. The van der Waals surface area contributed by atoms with E-state index in [1.165, 1.54) is 0 Å². The molecule has 3 aromatic carbocycles. The fraction of sp³-hybridized carbons (Fsp3) is 0.231. The van der Waals surface area contributed by atoms with E-state index in [0.717, 1.165) is 33.7 Å². The standard InChI is InChI=1S/C26H25ClN2O4/c1-4-32-20-10-9-18(23(27)12-20)14-29-17(3)28-25-16(2)11-21(13-24(25)29)33-15-19-7-5-6-8-22(19)26(30)31/h5-13H,4,14-15H2,1-3H3,(H,30,31). The lowest BCUT2D eigenvalue weighted by Crippen LogP contribution is -2.06. The van der Waals surface area contributed by atoms with Crippen LogP contribution < -0.4 is 9.47 Å². The van der Waals surface area contributed by atoms with Gasteiger partial charge in [-0.15, -0.1) is 0 Å².